The molecule has 4 unspecified atom stereocenters. The van der Waals surface area contributed by atoms with Crippen LogP contribution in [0.5, 0.6) is 0 Å². The minimum Gasteiger partial charge on any atom is -0.391 e. The third-order valence-corrected chi connectivity index (χ3v) is 3.33. The molecule has 4 atom stereocenters. The second kappa shape index (κ2) is 5.25. The van der Waals surface area contributed by atoms with Gasteiger partial charge in [-0.1, -0.05) is 0 Å². The van der Waals surface area contributed by atoms with E-state index in [4.69, 9.17) is 15.2 Å². The molecular formula is C11H23NO3. The van der Waals surface area contributed by atoms with E-state index < -0.39 is 6.10 Å². The predicted octanol–water partition coefficient (Wildman–Crippen LogP) is 0.526. The van der Waals surface area contributed by atoms with Crippen molar-refractivity contribution < 1.29 is 14.6 Å². The monoisotopic (exact) mass is 217 g/mol. The minimum absolute atomic E-state index is 0.195. The minimum atomic E-state index is -0.474. The van der Waals surface area contributed by atoms with Crippen molar-refractivity contribution in [1.29, 1.82) is 0 Å². The highest BCUT2D eigenvalue weighted by atomic mass is 16.5. The van der Waals surface area contributed by atoms with Gasteiger partial charge in [-0.25, -0.2) is 0 Å². The Balaban J connectivity index is 2.58. The summed E-state index contributed by atoms with van der Waals surface area (Å²) < 4.78 is 11.2. The summed E-state index contributed by atoms with van der Waals surface area (Å²) in [6, 6.07) is 0. The summed E-state index contributed by atoms with van der Waals surface area (Å²) in [7, 11) is 0. The molecule has 1 heterocycles. The van der Waals surface area contributed by atoms with Crippen LogP contribution in [0.3, 0.4) is 0 Å². The van der Waals surface area contributed by atoms with E-state index in [9.17, 15) is 5.11 Å². The van der Waals surface area contributed by atoms with Crippen molar-refractivity contribution in [2.45, 2.75) is 45.0 Å². The van der Waals surface area contributed by atoms with Crippen LogP contribution in [0.15, 0.2) is 0 Å². The Morgan fingerprint density at radius 3 is 2.67 bits per heavy atom. The zero-order chi connectivity index (χ0) is 11.5. The van der Waals surface area contributed by atoms with Gasteiger partial charge >= 0.3 is 0 Å². The molecule has 0 bridgehead atoms. The van der Waals surface area contributed by atoms with Gasteiger partial charge in [0.2, 0.25) is 0 Å². The summed E-state index contributed by atoms with van der Waals surface area (Å²) in [6.45, 7) is 7.55. The highest BCUT2D eigenvalue weighted by Crippen LogP contribution is 2.30. The van der Waals surface area contributed by atoms with Crippen LogP contribution in [-0.2, 0) is 9.47 Å². The van der Waals surface area contributed by atoms with Gasteiger partial charge in [0.25, 0.3) is 0 Å². The molecule has 90 valence electrons. The van der Waals surface area contributed by atoms with E-state index in [-0.39, 0.29) is 11.7 Å². The van der Waals surface area contributed by atoms with Crippen LogP contribution in [0.1, 0.15) is 27.2 Å². The molecule has 0 spiro atoms. The molecule has 0 aromatic rings. The maximum atomic E-state index is 9.43. The summed E-state index contributed by atoms with van der Waals surface area (Å²) in [5.41, 5.74) is 5.39. The van der Waals surface area contributed by atoms with Crippen LogP contribution < -0.4 is 5.73 Å². The Morgan fingerprint density at radius 1 is 1.60 bits per heavy atom. The first-order valence-electron chi connectivity index (χ1n) is 5.63. The van der Waals surface area contributed by atoms with Crippen molar-refractivity contribution in [2.75, 3.05) is 19.8 Å². The van der Waals surface area contributed by atoms with Crippen LogP contribution in [0, 0.1) is 5.92 Å². The van der Waals surface area contributed by atoms with E-state index in [2.05, 4.69) is 0 Å². The van der Waals surface area contributed by atoms with E-state index in [1.165, 1.54) is 0 Å². The van der Waals surface area contributed by atoms with Crippen LogP contribution in [0.25, 0.3) is 0 Å². The number of nitrogens with two attached hydrogens (primary N) is 1. The lowest BCUT2D eigenvalue weighted by Crippen LogP contribution is -2.48. The van der Waals surface area contributed by atoms with Gasteiger partial charge in [0.1, 0.15) is 0 Å². The van der Waals surface area contributed by atoms with Gasteiger partial charge in [-0.05, 0) is 27.2 Å². The molecule has 1 rings (SSSR count). The summed E-state index contributed by atoms with van der Waals surface area (Å²) in [4.78, 5) is 0. The van der Waals surface area contributed by atoms with Gasteiger partial charge in [-0.2, -0.15) is 0 Å². The molecule has 0 aliphatic carbocycles. The Labute approximate surface area is 91.7 Å². The standard InChI is InChI=1S/C11H23NO3/c1-8(13)9(2)15-11(3,7-12)10-4-5-14-6-10/h8-10,13H,4-7,12H2,1-3H3. The number of hydrogen-bond donors (Lipinski definition) is 2. The lowest BCUT2D eigenvalue weighted by molar-refractivity contribution is -0.136. The highest BCUT2D eigenvalue weighted by molar-refractivity contribution is 4.88. The van der Waals surface area contributed by atoms with Crippen LogP contribution in [-0.4, -0.2) is 42.7 Å². The highest BCUT2D eigenvalue weighted by Gasteiger charge is 2.38. The number of hydrogen-bond acceptors (Lipinski definition) is 4. The van der Waals surface area contributed by atoms with Crippen molar-refractivity contribution in [2.24, 2.45) is 11.7 Å². The average molecular weight is 217 g/mol. The van der Waals surface area contributed by atoms with Crippen LogP contribution in [0.4, 0.5) is 0 Å². The first-order valence-corrected chi connectivity index (χ1v) is 5.63. The molecule has 0 amide bonds. The van der Waals surface area contributed by atoms with Crippen molar-refractivity contribution in [1.82, 2.24) is 0 Å². The number of aliphatic hydroxyl groups is 1. The molecule has 4 heteroatoms. The molecule has 0 aromatic carbocycles. The number of aliphatic hydroxyl groups excluding tert-OH is 1. The normalized spacial score (nSPS) is 29.8. The van der Waals surface area contributed by atoms with Gasteiger partial charge in [0, 0.05) is 19.1 Å². The second-order valence-corrected chi connectivity index (χ2v) is 4.64. The summed E-state index contributed by atoms with van der Waals surface area (Å²) in [5, 5.41) is 9.43. The predicted molar refractivity (Wildman–Crippen MR) is 58.6 cm³/mol. The fourth-order valence-corrected chi connectivity index (χ4v) is 1.85. The Hall–Kier alpha value is -0.160. The summed E-state index contributed by atoms with van der Waals surface area (Å²) in [6.07, 6.45) is 0.317. The lowest BCUT2D eigenvalue weighted by atomic mass is 9.88. The van der Waals surface area contributed by atoms with Gasteiger partial charge in [0.05, 0.1) is 24.4 Å². The number of ether oxygens (including phenoxy) is 2. The molecule has 0 radical (unpaired) electrons. The topological polar surface area (TPSA) is 64.7 Å². The molecule has 0 aromatic heterocycles. The van der Waals surface area contributed by atoms with Crippen LogP contribution >= 0.6 is 0 Å². The largest absolute Gasteiger partial charge is 0.391 e. The molecule has 15 heavy (non-hydrogen) atoms. The number of rotatable bonds is 5. The van der Waals surface area contributed by atoms with Gasteiger partial charge in [0.15, 0.2) is 0 Å². The summed E-state index contributed by atoms with van der Waals surface area (Å²) in [5.74, 6) is 0.337. The molecular weight excluding hydrogens is 194 g/mol. The second-order valence-electron chi connectivity index (χ2n) is 4.64. The van der Waals surface area contributed by atoms with Gasteiger partial charge < -0.3 is 20.3 Å². The molecule has 1 aliphatic rings. The van der Waals surface area contributed by atoms with E-state index in [1.54, 1.807) is 6.92 Å². The molecule has 0 saturated carbocycles. The Kier molecular flexibility index (Phi) is 4.52. The van der Waals surface area contributed by atoms with E-state index in [1.807, 2.05) is 13.8 Å². The van der Waals surface area contributed by atoms with Crippen LogP contribution in [0.2, 0.25) is 0 Å². The smallest absolute Gasteiger partial charge is 0.0831 e. The van der Waals surface area contributed by atoms with E-state index in [0.29, 0.717) is 19.1 Å². The molecule has 1 fully saturated rings. The SMILES string of the molecule is CC(O)C(C)OC(C)(CN)C1CCOC1. The van der Waals surface area contributed by atoms with Gasteiger partial charge in [-0.3, -0.25) is 0 Å². The average Bonchev–Trinajstić information content (AvgIpc) is 2.70. The first-order chi connectivity index (χ1) is 6.99. The quantitative estimate of drug-likeness (QED) is 0.705. The zero-order valence-electron chi connectivity index (χ0n) is 9.90. The van der Waals surface area contributed by atoms with Gasteiger partial charge in [-0.15, -0.1) is 0 Å². The third kappa shape index (κ3) is 3.14. The molecule has 1 saturated heterocycles. The first kappa shape index (κ1) is 12.9. The fraction of sp³-hybridized carbons (Fsp3) is 1.00. The van der Waals surface area contributed by atoms with E-state index >= 15 is 0 Å². The third-order valence-electron chi connectivity index (χ3n) is 3.33. The maximum Gasteiger partial charge on any atom is 0.0831 e. The van der Waals surface area contributed by atoms with Crippen molar-refractivity contribution in [3.05, 3.63) is 0 Å². The van der Waals surface area contributed by atoms with Crippen molar-refractivity contribution >= 4 is 0 Å². The maximum absolute atomic E-state index is 9.43. The van der Waals surface area contributed by atoms with Crippen molar-refractivity contribution in [3.8, 4) is 0 Å². The molecule has 1 aliphatic heterocycles. The van der Waals surface area contributed by atoms with E-state index in [0.717, 1.165) is 13.0 Å². The Bertz CT molecular complexity index is 192. The molecule has 4 nitrogen and oxygen atoms in total. The Morgan fingerprint density at radius 2 is 2.27 bits per heavy atom. The summed E-state index contributed by atoms with van der Waals surface area (Å²) >= 11 is 0. The zero-order valence-corrected chi connectivity index (χ0v) is 9.90. The lowest BCUT2D eigenvalue weighted by Gasteiger charge is -2.37. The molecule has 3 N–H and O–H groups in total. The van der Waals surface area contributed by atoms with Crippen molar-refractivity contribution in [3.63, 3.8) is 0 Å². The fourth-order valence-electron chi connectivity index (χ4n) is 1.85.